The summed E-state index contributed by atoms with van der Waals surface area (Å²) in [6.07, 6.45) is 1.68. The molecule has 4 rings (SSSR count). The van der Waals surface area contributed by atoms with Crippen LogP contribution in [0.3, 0.4) is 0 Å². The second kappa shape index (κ2) is 11.2. The van der Waals surface area contributed by atoms with E-state index in [0.717, 1.165) is 29.8 Å². The van der Waals surface area contributed by atoms with Crippen LogP contribution >= 0.6 is 45.2 Å². The Bertz CT molecular complexity index is 1140. The van der Waals surface area contributed by atoms with Crippen molar-refractivity contribution in [1.29, 1.82) is 5.26 Å². The monoisotopic (exact) mass is 697 g/mol. The number of allylic oxidation sites excluding steroid dienone is 1. The Hall–Kier alpha value is -1.60. The van der Waals surface area contributed by atoms with Crippen molar-refractivity contribution in [1.82, 2.24) is 5.32 Å². The summed E-state index contributed by atoms with van der Waals surface area (Å²) in [6, 6.07) is 18.7. The number of alkyl halides is 3. The molecular weight excluding hydrogens is 667 g/mol. The summed E-state index contributed by atoms with van der Waals surface area (Å²) in [5, 5.41) is 16.7. The van der Waals surface area contributed by atoms with Crippen molar-refractivity contribution in [2.45, 2.75) is 46.6 Å². The normalized spacial score (nSPS) is 24.3. The zero-order chi connectivity index (χ0) is 25.2. The first kappa shape index (κ1) is 26.5. The van der Waals surface area contributed by atoms with E-state index in [0.29, 0.717) is 12.1 Å². The third kappa shape index (κ3) is 5.87. The zero-order valence-corrected chi connectivity index (χ0v) is 24.2. The van der Waals surface area contributed by atoms with Crippen LogP contribution in [-0.2, 0) is 6.42 Å². The first-order chi connectivity index (χ1) is 16.7. The lowest BCUT2D eigenvalue weighted by Gasteiger charge is -2.46. The molecule has 35 heavy (non-hydrogen) atoms. The highest BCUT2D eigenvalue weighted by molar-refractivity contribution is 14.2. The van der Waals surface area contributed by atoms with Crippen LogP contribution < -0.4 is 10.6 Å². The lowest BCUT2D eigenvalue weighted by atomic mass is 9.76. The smallest absolute Gasteiger partial charge is 0.235 e. The SMILES string of the molecule is C=C=C(NC[C@H]1CC[C@@H]2[C@H](O1)c1cc(C(F)(I)I)ccc1N[C@H]2c1ccccc1)[C@H](C#N)C(C)C. The number of nitrogens with zero attached hydrogens (tertiary/aromatic N) is 1. The summed E-state index contributed by atoms with van der Waals surface area (Å²) in [5.41, 5.74) is 7.50. The van der Waals surface area contributed by atoms with Crippen molar-refractivity contribution in [3.05, 3.63) is 83.2 Å². The zero-order valence-electron chi connectivity index (χ0n) is 19.9. The van der Waals surface area contributed by atoms with Crippen molar-refractivity contribution < 1.29 is 9.13 Å². The van der Waals surface area contributed by atoms with Gasteiger partial charge in [0, 0.05) is 29.3 Å². The lowest BCUT2D eigenvalue weighted by molar-refractivity contribution is -0.0910. The number of hydrogen-bond donors (Lipinski definition) is 2. The average molecular weight is 697 g/mol. The molecule has 0 amide bonds. The molecule has 0 spiro atoms. The molecule has 0 aliphatic carbocycles. The molecule has 0 bridgehead atoms. The van der Waals surface area contributed by atoms with E-state index in [1.165, 1.54) is 5.56 Å². The van der Waals surface area contributed by atoms with E-state index >= 15 is 0 Å². The largest absolute Gasteiger partial charge is 0.378 e. The fraction of sp³-hybridized carbons (Fsp3) is 0.429. The fourth-order valence-electron chi connectivity index (χ4n) is 5.13. The van der Waals surface area contributed by atoms with Gasteiger partial charge in [-0.3, -0.25) is 0 Å². The maximum atomic E-state index is 14.8. The molecule has 1 saturated heterocycles. The van der Waals surface area contributed by atoms with Crippen molar-refractivity contribution in [3.8, 4) is 6.07 Å². The predicted octanol–water partition coefficient (Wildman–Crippen LogP) is 7.69. The van der Waals surface area contributed by atoms with Gasteiger partial charge in [-0.1, -0.05) is 56.8 Å². The van der Waals surface area contributed by atoms with Crippen molar-refractivity contribution in [2.75, 3.05) is 11.9 Å². The summed E-state index contributed by atoms with van der Waals surface area (Å²) in [7, 11) is 0. The molecule has 5 atom stereocenters. The van der Waals surface area contributed by atoms with Crippen molar-refractivity contribution in [3.63, 3.8) is 0 Å². The maximum Gasteiger partial charge on any atom is 0.235 e. The first-order valence-electron chi connectivity index (χ1n) is 11.9. The fourth-order valence-corrected chi connectivity index (χ4v) is 5.80. The van der Waals surface area contributed by atoms with E-state index < -0.39 is 1.68 Å². The number of rotatable bonds is 7. The molecule has 184 valence electrons. The van der Waals surface area contributed by atoms with Crippen LogP contribution in [-0.4, -0.2) is 12.6 Å². The Morgan fingerprint density at radius 1 is 1.26 bits per heavy atom. The molecule has 0 aromatic heterocycles. The van der Waals surface area contributed by atoms with Crippen molar-refractivity contribution in [2.24, 2.45) is 17.8 Å². The van der Waals surface area contributed by atoms with Gasteiger partial charge in [0.15, 0.2) is 0 Å². The van der Waals surface area contributed by atoms with Crippen LogP contribution in [0.5, 0.6) is 0 Å². The third-order valence-electron chi connectivity index (χ3n) is 6.96. The minimum Gasteiger partial charge on any atom is -0.378 e. The van der Waals surface area contributed by atoms with E-state index in [1.807, 2.05) is 83.3 Å². The maximum absolute atomic E-state index is 14.8. The molecule has 2 heterocycles. The van der Waals surface area contributed by atoms with Gasteiger partial charge in [0.2, 0.25) is 1.68 Å². The molecule has 0 unspecified atom stereocenters. The van der Waals surface area contributed by atoms with E-state index in [4.69, 9.17) is 4.74 Å². The summed E-state index contributed by atoms with van der Waals surface area (Å²) >= 11 is 3.66. The number of anilines is 1. The van der Waals surface area contributed by atoms with Gasteiger partial charge in [0.25, 0.3) is 0 Å². The molecule has 2 aliphatic rings. The number of halogens is 3. The second-order valence-electron chi connectivity index (χ2n) is 9.57. The van der Waals surface area contributed by atoms with Gasteiger partial charge in [0.05, 0.1) is 35.9 Å². The molecule has 4 nitrogen and oxygen atoms in total. The first-order valence-corrected chi connectivity index (χ1v) is 14.1. The van der Waals surface area contributed by atoms with Crippen LogP contribution in [0.25, 0.3) is 0 Å². The molecule has 2 aliphatic heterocycles. The van der Waals surface area contributed by atoms with E-state index in [2.05, 4.69) is 53.3 Å². The van der Waals surface area contributed by atoms with Gasteiger partial charge >= 0.3 is 0 Å². The Morgan fingerprint density at radius 3 is 2.63 bits per heavy atom. The van der Waals surface area contributed by atoms with Crippen molar-refractivity contribution >= 4 is 50.9 Å². The highest BCUT2D eigenvalue weighted by atomic mass is 127. The molecular formula is C28H30FI2N3O. The van der Waals surface area contributed by atoms with E-state index in [-0.39, 0.29) is 36.0 Å². The quantitative estimate of drug-likeness (QED) is 0.177. The number of benzene rings is 2. The Balaban J connectivity index is 1.61. The van der Waals surface area contributed by atoms with Gasteiger partial charge < -0.3 is 15.4 Å². The molecule has 1 fully saturated rings. The average Bonchev–Trinajstić information content (AvgIpc) is 2.85. The second-order valence-corrected chi connectivity index (χ2v) is 14.6. The van der Waals surface area contributed by atoms with Gasteiger partial charge in [-0.25, -0.2) is 4.39 Å². The van der Waals surface area contributed by atoms with Crippen LogP contribution in [0.15, 0.2) is 66.5 Å². The topological polar surface area (TPSA) is 57.1 Å². The molecule has 7 heteroatoms. The molecule has 2 aromatic carbocycles. The number of fused-ring (bicyclic) bond motifs is 3. The molecule has 2 N–H and O–H groups in total. The summed E-state index contributed by atoms with van der Waals surface area (Å²) in [4.78, 5) is 0. The van der Waals surface area contributed by atoms with Crippen LogP contribution in [0.2, 0.25) is 0 Å². The Labute approximate surface area is 234 Å². The summed E-state index contributed by atoms with van der Waals surface area (Å²) in [5.74, 6) is 0.112. The highest BCUT2D eigenvalue weighted by Gasteiger charge is 2.43. The number of ether oxygens (including phenoxy) is 1. The summed E-state index contributed by atoms with van der Waals surface area (Å²) in [6.45, 7) is 8.41. The van der Waals surface area contributed by atoms with Gasteiger partial charge in [-0.2, -0.15) is 5.26 Å². The number of hydrogen-bond acceptors (Lipinski definition) is 4. The van der Waals surface area contributed by atoms with Crippen LogP contribution in [0.4, 0.5) is 10.1 Å². The van der Waals surface area contributed by atoms with E-state index in [9.17, 15) is 9.65 Å². The lowest BCUT2D eigenvalue weighted by Crippen LogP contribution is -2.42. The molecule has 0 saturated carbocycles. The highest BCUT2D eigenvalue weighted by Crippen LogP contribution is 2.52. The number of nitrogens with one attached hydrogen (secondary N) is 2. The minimum absolute atomic E-state index is 0.0357. The van der Waals surface area contributed by atoms with Crippen LogP contribution in [0, 0.1) is 29.1 Å². The standard InChI is InChI=1S/C28H30FI2N3O/c1-4-24(23(15-32)17(2)3)33-16-20-11-12-21-26(18-8-6-5-7-9-18)34-25-13-10-19(28(29,30)31)14-22(25)27(21)35-20/h5-10,13-14,17,20-21,23,26-27,33-34H,1,11-12,16H2,2-3H3/t20-,21+,23-,26+,27+/m1/s1. The Morgan fingerprint density at radius 2 is 2.00 bits per heavy atom. The van der Waals surface area contributed by atoms with Gasteiger partial charge in [-0.15, -0.1) is 5.73 Å². The Kier molecular flexibility index (Phi) is 8.47. The van der Waals surface area contributed by atoms with Gasteiger partial charge in [0.1, 0.15) is 0 Å². The van der Waals surface area contributed by atoms with E-state index in [1.54, 1.807) is 0 Å². The minimum atomic E-state index is -1.49. The third-order valence-corrected chi connectivity index (χ3v) is 8.21. The van der Waals surface area contributed by atoms with Gasteiger partial charge in [-0.05, 0) is 81.6 Å². The molecule has 0 radical (unpaired) electrons. The molecule has 2 aromatic rings. The van der Waals surface area contributed by atoms with Crippen LogP contribution in [0.1, 0.15) is 55.5 Å². The number of nitriles is 1. The summed E-state index contributed by atoms with van der Waals surface area (Å²) < 4.78 is 20.1. The predicted molar refractivity (Wildman–Crippen MR) is 155 cm³/mol.